The number of rotatable bonds is 5. The van der Waals surface area contributed by atoms with E-state index in [0.717, 1.165) is 4.90 Å². The molecule has 0 saturated heterocycles. The minimum Gasteiger partial charge on any atom is -0.467 e. The van der Waals surface area contributed by atoms with Gasteiger partial charge in [0.1, 0.15) is 6.04 Å². The normalized spacial score (nSPS) is 11.7. The van der Waals surface area contributed by atoms with Crippen molar-refractivity contribution in [3.63, 3.8) is 0 Å². The molecule has 1 atom stereocenters. The lowest BCUT2D eigenvalue weighted by Gasteiger charge is -2.15. The van der Waals surface area contributed by atoms with Crippen LogP contribution in [0.1, 0.15) is 6.92 Å². The molecule has 1 amide bonds. The number of pyridine rings is 1. The van der Waals surface area contributed by atoms with Gasteiger partial charge in [0, 0.05) is 23.8 Å². The fourth-order valence-corrected chi connectivity index (χ4v) is 2.20. The zero-order valence-corrected chi connectivity index (χ0v) is 11.0. The Morgan fingerprint density at radius 2 is 2.33 bits per heavy atom. The Morgan fingerprint density at radius 3 is 2.89 bits per heavy atom. The number of nitrogens with two attached hydrogens (primary N) is 1. The number of nitrogen functional groups attached to an aromatic ring is 1. The van der Waals surface area contributed by atoms with E-state index in [1.54, 1.807) is 12.3 Å². The van der Waals surface area contributed by atoms with E-state index in [0.29, 0.717) is 11.4 Å². The summed E-state index contributed by atoms with van der Waals surface area (Å²) < 4.78 is 4.62. The molecule has 0 aliphatic heterocycles. The van der Waals surface area contributed by atoms with Gasteiger partial charge in [-0.05, 0) is 6.07 Å². The lowest BCUT2D eigenvalue weighted by molar-refractivity contribution is -0.144. The van der Waals surface area contributed by atoms with Crippen LogP contribution in [0.4, 0.5) is 5.69 Å². The average molecular weight is 269 g/mol. The zero-order chi connectivity index (χ0) is 13.5. The Morgan fingerprint density at radius 1 is 1.61 bits per heavy atom. The lowest BCUT2D eigenvalue weighted by Crippen LogP contribution is -2.42. The standard InChI is InChI=1S/C11H15N3O3S/c1-7(15)14-9(11(16)17-2)6-18-10-3-4-13-5-8(10)12/h3-5,9H,6,12H2,1-2H3,(H,14,15). The summed E-state index contributed by atoms with van der Waals surface area (Å²) in [7, 11) is 1.28. The molecule has 1 aromatic rings. The molecule has 18 heavy (non-hydrogen) atoms. The second-order valence-corrected chi connectivity index (χ2v) is 4.56. The van der Waals surface area contributed by atoms with Crippen molar-refractivity contribution >= 4 is 29.3 Å². The van der Waals surface area contributed by atoms with E-state index in [4.69, 9.17) is 5.73 Å². The number of carbonyl (C=O) groups is 2. The van der Waals surface area contributed by atoms with Crippen LogP contribution in [0.5, 0.6) is 0 Å². The van der Waals surface area contributed by atoms with Crippen molar-refractivity contribution in [3.8, 4) is 0 Å². The molecule has 0 aromatic carbocycles. The number of ether oxygens (including phenoxy) is 1. The van der Waals surface area contributed by atoms with Crippen LogP contribution in [0, 0.1) is 0 Å². The van der Waals surface area contributed by atoms with E-state index in [-0.39, 0.29) is 5.91 Å². The number of nitrogens with one attached hydrogen (secondary N) is 1. The van der Waals surface area contributed by atoms with E-state index in [2.05, 4.69) is 15.0 Å². The monoisotopic (exact) mass is 269 g/mol. The number of esters is 1. The van der Waals surface area contributed by atoms with Crippen LogP contribution >= 0.6 is 11.8 Å². The van der Waals surface area contributed by atoms with Crippen LogP contribution in [0.2, 0.25) is 0 Å². The van der Waals surface area contributed by atoms with Crippen molar-refractivity contribution in [2.75, 3.05) is 18.6 Å². The lowest BCUT2D eigenvalue weighted by atomic mass is 10.3. The SMILES string of the molecule is COC(=O)C(CSc1ccncc1N)NC(C)=O. The summed E-state index contributed by atoms with van der Waals surface area (Å²) >= 11 is 1.36. The number of hydrogen-bond acceptors (Lipinski definition) is 6. The van der Waals surface area contributed by atoms with Crippen molar-refractivity contribution in [1.29, 1.82) is 0 Å². The summed E-state index contributed by atoms with van der Waals surface area (Å²) in [6, 6.07) is 1.06. The average Bonchev–Trinajstić information content (AvgIpc) is 2.34. The minimum absolute atomic E-state index is 0.284. The molecule has 1 aromatic heterocycles. The third-order valence-corrected chi connectivity index (χ3v) is 3.26. The van der Waals surface area contributed by atoms with E-state index >= 15 is 0 Å². The van der Waals surface area contributed by atoms with Gasteiger partial charge in [0.2, 0.25) is 5.91 Å². The Bertz CT molecular complexity index is 439. The summed E-state index contributed by atoms with van der Waals surface area (Å²) in [5.41, 5.74) is 6.27. The van der Waals surface area contributed by atoms with Crippen molar-refractivity contribution in [3.05, 3.63) is 18.5 Å². The first kappa shape index (κ1) is 14.3. The number of amides is 1. The first-order valence-electron chi connectivity index (χ1n) is 5.21. The Kier molecular flexibility index (Phi) is 5.44. The molecule has 0 saturated carbocycles. The summed E-state index contributed by atoms with van der Waals surface area (Å²) in [6.07, 6.45) is 3.15. The molecule has 1 rings (SSSR count). The summed E-state index contributed by atoms with van der Waals surface area (Å²) in [4.78, 5) is 27.1. The van der Waals surface area contributed by atoms with E-state index in [1.807, 2.05) is 0 Å². The second kappa shape index (κ2) is 6.85. The van der Waals surface area contributed by atoms with E-state index < -0.39 is 12.0 Å². The van der Waals surface area contributed by atoms with Gasteiger partial charge in [0.25, 0.3) is 0 Å². The molecule has 0 aliphatic carbocycles. The van der Waals surface area contributed by atoms with Gasteiger partial charge in [-0.15, -0.1) is 11.8 Å². The molecule has 0 bridgehead atoms. The van der Waals surface area contributed by atoms with Crippen molar-refractivity contribution in [1.82, 2.24) is 10.3 Å². The topological polar surface area (TPSA) is 94.3 Å². The van der Waals surface area contributed by atoms with E-state index in [1.165, 1.54) is 32.0 Å². The maximum absolute atomic E-state index is 11.5. The molecule has 0 aliphatic rings. The number of nitrogens with zero attached hydrogens (tertiary/aromatic N) is 1. The highest BCUT2D eigenvalue weighted by atomic mass is 32.2. The van der Waals surface area contributed by atoms with Gasteiger partial charge >= 0.3 is 5.97 Å². The van der Waals surface area contributed by atoms with Crippen LogP contribution in [0.15, 0.2) is 23.4 Å². The highest BCUT2D eigenvalue weighted by Crippen LogP contribution is 2.24. The molecule has 0 fully saturated rings. The van der Waals surface area contributed by atoms with Crippen LogP contribution in [0.3, 0.4) is 0 Å². The number of hydrogen-bond donors (Lipinski definition) is 2. The number of thioether (sulfide) groups is 1. The quantitative estimate of drug-likeness (QED) is 0.595. The van der Waals surface area contributed by atoms with Gasteiger partial charge in [-0.25, -0.2) is 4.79 Å². The largest absolute Gasteiger partial charge is 0.467 e. The fraction of sp³-hybridized carbons (Fsp3) is 0.364. The van der Waals surface area contributed by atoms with Crippen molar-refractivity contribution in [2.24, 2.45) is 0 Å². The number of methoxy groups -OCH3 is 1. The third kappa shape index (κ3) is 4.25. The van der Waals surface area contributed by atoms with E-state index in [9.17, 15) is 9.59 Å². The summed E-state index contributed by atoms with van der Waals surface area (Å²) in [6.45, 7) is 1.35. The van der Waals surface area contributed by atoms with Gasteiger partial charge in [-0.1, -0.05) is 0 Å². The summed E-state index contributed by atoms with van der Waals surface area (Å²) in [5.74, 6) is -0.417. The molecule has 7 heteroatoms. The van der Waals surface area contributed by atoms with Crippen molar-refractivity contribution < 1.29 is 14.3 Å². The number of aromatic nitrogens is 1. The third-order valence-electron chi connectivity index (χ3n) is 2.08. The maximum Gasteiger partial charge on any atom is 0.329 e. The van der Waals surface area contributed by atoms with Gasteiger partial charge in [-0.2, -0.15) is 0 Å². The highest BCUT2D eigenvalue weighted by molar-refractivity contribution is 7.99. The maximum atomic E-state index is 11.5. The van der Waals surface area contributed by atoms with Crippen molar-refractivity contribution in [2.45, 2.75) is 17.9 Å². The molecule has 3 N–H and O–H groups in total. The molecule has 1 unspecified atom stereocenters. The summed E-state index contributed by atoms with van der Waals surface area (Å²) in [5, 5.41) is 2.53. The smallest absolute Gasteiger partial charge is 0.329 e. The Balaban J connectivity index is 2.64. The zero-order valence-electron chi connectivity index (χ0n) is 10.2. The number of anilines is 1. The van der Waals surface area contributed by atoms with Crippen LogP contribution in [-0.2, 0) is 14.3 Å². The molecule has 1 heterocycles. The van der Waals surface area contributed by atoms with Gasteiger partial charge in [0.05, 0.1) is 19.0 Å². The predicted molar refractivity (Wildman–Crippen MR) is 69.0 cm³/mol. The molecule has 0 spiro atoms. The second-order valence-electron chi connectivity index (χ2n) is 3.50. The van der Waals surface area contributed by atoms with Gasteiger partial charge in [0.15, 0.2) is 0 Å². The van der Waals surface area contributed by atoms with Gasteiger partial charge < -0.3 is 15.8 Å². The molecule has 6 nitrogen and oxygen atoms in total. The first-order chi connectivity index (χ1) is 8.54. The van der Waals surface area contributed by atoms with Gasteiger partial charge in [-0.3, -0.25) is 9.78 Å². The first-order valence-corrected chi connectivity index (χ1v) is 6.20. The predicted octanol–water partition coefficient (Wildman–Crippen LogP) is 0.434. The Labute approximate surface area is 109 Å². The molecular weight excluding hydrogens is 254 g/mol. The van der Waals surface area contributed by atoms with Crippen LogP contribution in [-0.4, -0.2) is 35.8 Å². The molecule has 98 valence electrons. The Hall–Kier alpha value is -1.76. The fourth-order valence-electron chi connectivity index (χ4n) is 1.25. The number of carbonyl (C=O) groups excluding carboxylic acids is 2. The minimum atomic E-state index is -0.690. The van der Waals surface area contributed by atoms with Crippen LogP contribution in [0.25, 0.3) is 0 Å². The van der Waals surface area contributed by atoms with Crippen LogP contribution < -0.4 is 11.1 Å². The highest BCUT2D eigenvalue weighted by Gasteiger charge is 2.20. The molecular formula is C11H15N3O3S. The molecule has 0 radical (unpaired) electrons.